The summed E-state index contributed by atoms with van der Waals surface area (Å²) in [5.41, 5.74) is 2.42. The summed E-state index contributed by atoms with van der Waals surface area (Å²) in [6.45, 7) is 6.41. The van der Waals surface area contributed by atoms with Gasteiger partial charge in [0.2, 0.25) is 0 Å². The van der Waals surface area contributed by atoms with E-state index in [0.29, 0.717) is 12.1 Å². The Labute approximate surface area is 211 Å². The van der Waals surface area contributed by atoms with E-state index in [1.54, 1.807) is 14.2 Å². The van der Waals surface area contributed by atoms with Crippen LogP contribution in [0.5, 0.6) is 11.5 Å². The van der Waals surface area contributed by atoms with E-state index >= 15 is 0 Å². The van der Waals surface area contributed by atoms with Crippen molar-refractivity contribution in [3.05, 3.63) is 60.9 Å². The molecule has 0 saturated heterocycles. The standard InChI is InChI=1S/2C14H20N2O.CH4/c1-11(15(2)3)10-16-9-8-12-13(16)6-5-7-14(12)17-4;1-11(15(2)3)10-16-9-8-12-6-5-7-13(17-4)14(12)16;/h2*5-9,11H,10H2,1-4H3;1H4/t2*11-;/m11./s1. The molecule has 0 radical (unpaired) electrons. The monoisotopic (exact) mass is 480 g/mol. The number of fused-ring (bicyclic) bond motifs is 2. The number of para-hydroxylation sites is 1. The number of benzene rings is 2. The van der Waals surface area contributed by atoms with Gasteiger partial charge in [-0.2, -0.15) is 0 Å². The highest BCUT2D eigenvalue weighted by Crippen LogP contribution is 2.27. The zero-order valence-corrected chi connectivity index (χ0v) is 21.9. The molecule has 4 rings (SSSR count). The average Bonchev–Trinajstić information content (AvgIpc) is 3.43. The molecular weight excluding hydrogens is 436 g/mol. The Hall–Kier alpha value is -2.96. The molecule has 0 aliphatic rings. The molecule has 2 aromatic heterocycles. The van der Waals surface area contributed by atoms with Crippen molar-refractivity contribution in [1.82, 2.24) is 18.9 Å². The number of hydrogen-bond donors (Lipinski definition) is 0. The van der Waals surface area contributed by atoms with E-state index < -0.39 is 0 Å². The SMILES string of the molecule is C.COc1cccc2c1ccn2C[C@@H](C)N(C)C.COc1cccc2ccn(C[C@@H](C)N(C)C)c12. The molecule has 0 aliphatic carbocycles. The zero-order chi connectivity index (χ0) is 24.8. The second kappa shape index (κ2) is 12.7. The third-order valence-corrected chi connectivity index (χ3v) is 6.65. The van der Waals surface area contributed by atoms with Crippen LogP contribution >= 0.6 is 0 Å². The van der Waals surface area contributed by atoms with Crippen LogP contribution in [0.2, 0.25) is 0 Å². The van der Waals surface area contributed by atoms with Gasteiger partial charge < -0.3 is 28.4 Å². The summed E-state index contributed by atoms with van der Waals surface area (Å²) < 4.78 is 15.3. The Morgan fingerprint density at radius 3 is 1.86 bits per heavy atom. The lowest BCUT2D eigenvalue weighted by atomic mass is 10.2. The maximum Gasteiger partial charge on any atom is 0.143 e. The molecule has 0 saturated carbocycles. The molecule has 0 bridgehead atoms. The van der Waals surface area contributed by atoms with Gasteiger partial charge in [0, 0.05) is 48.3 Å². The maximum atomic E-state index is 5.43. The minimum atomic E-state index is 0. The van der Waals surface area contributed by atoms with Crippen molar-refractivity contribution in [3.63, 3.8) is 0 Å². The molecule has 6 heteroatoms. The minimum absolute atomic E-state index is 0. The number of methoxy groups -OCH3 is 2. The normalized spacial score (nSPS) is 12.9. The third-order valence-electron chi connectivity index (χ3n) is 6.65. The second-order valence-corrected chi connectivity index (χ2v) is 9.35. The summed E-state index contributed by atoms with van der Waals surface area (Å²) >= 11 is 0. The lowest BCUT2D eigenvalue weighted by Crippen LogP contribution is -2.28. The maximum absolute atomic E-state index is 5.43. The molecule has 35 heavy (non-hydrogen) atoms. The number of likely N-dealkylation sites (N-methyl/N-ethyl adjacent to an activating group) is 2. The summed E-state index contributed by atoms with van der Waals surface area (Å²) in [4.78, 5) is 4.45. The summed E-state index contributed by atoms with van der Waals surface area (Å²) in [5, 5.41) is 2.41. The van der Waals surface area contributed by atoms with Crippen LogP contribution in [0.15, 0.2) is 60.9 Å². The lowest BCUT2D eigenvalue weighted by molar-refractivity contribution is 0.285. The molecule has 0 spiro atoms. The van der Waals surface area contributed by atoms with Gasteiger partial charge in [0.1, 0.15) is 11.5 Å². The first kappa shape index (κ1) is 28.3. The Bertz CT molecular complexity index is 1190. The molecule has 0 fully saturated rings. The van der Waals surface area contributed by atoms with Crippen molar-refractivity contribution in [2.75, 3.05) is 42.4 Å². The van der Waals surface area contributed by atoms with Crippen molar-refractivity contribution in [3.8, 4) is 11.5 Å². The van der Waals surface area contributed by atoms with Gasteiger partial charge in [-0.3, -0.25) is 0 Å². The van der Waals surface area contributed by atoms with E-state index in [-0.39, 0.29) is 7.43 Å². The van der Waals surface area contributed by atoms with Gasteiger partial charge in [0.15, 0.2) is 0 Å². The topological polar surface area (TPSA) is 34.8 Å². The molecule has 4 aromatic rings. The first-order chi connectivity index (χ1) is 16.3. The van der Waals surface area contributed by atoms with Gasteiger partial charge in [-0.05, 0) is 72.4 Å². The van der Waals surface area contributed by atoms with Crippen molar-refractivity contribution in [2.24, 2.45) is 0 Å². The zero-order valence-electron chi connectivity index (χ0n) is 21.9. The Morgan fingerprint density at radius 1 is 0.714 bits per heavy atom. The number of hydrogen-bond acceptors (Lipinski definition) is 4. The summed E-state index contributed by atoms with van der Waals surface area (Å²) in [5.74, 6) is 1.89. The smallest absolute Gasteiger partial charge is 0.143 e. The van der Waals surface area contributed by atoms with Gasteiger partial charge >= 0.3 is 0 Å². The Balaban J connectivity index is 0.000000240. The molecule has 0 amide bonds. The Kier molecular flexibility index (Phi) is 10.2. The van der Waals surface area contributed by atoms with Gasteiger partial charge in [-0.15, -0.1) is 0 Å². The van der Waals surface area contributed by atoms with E-state index in [9.17, 15) is 0 Å². The largest absolute Gasteiger partial charge is 0.496 e. The quantitative estimate of drug-likeness (QED) is 0.318. The summed E-state index contributed by atoms with van der Waals surface area (Å²) in [6.07, 6.45) is 4.26. The summed E-state index contributed by atoms with van der Waals surface area (Å²) in [6, 6.07) is 17.6. The molecule has 2 atom stereocenters. The van der Waals surface area contributed by atoms with Crippen LogP contribution in [0, 0.1) is 0 Å². The molecule has 0 unspecified atom stereocenters. The van der Waals surface area contributed by atoms with Gasteiger partial charge in [0.25, 0.3) is 0 Å². The van der Waals surface area contributed by atoms with Crippen LogP contribution in [0.3, 0.4) is 0 Å². The van der Waals surface area contributed by atoms with Crippen molar-refractivity contribution < 1.29 is 9.47 Å². The van der Waals surface area contributed by atoms with Crippen molar-refractivity contribution >= 4 is 21.8 Å². The minimum Gasteiger partial charge on any atom is -0.496 e. The number of nitrogens with zero attached hydrogens (tertiary/aromatic N) is 4. The molecule has 0 aliphatic heterocycles. The highest BCUT2D eigenvalue weighted by Gasteiger charge is 2.11. The van der Waals surface area contributed by atoms with Gasteiger partial charge in [-0.1, -0.05) is 25.6 Å². The van der Waals surface area contributed by atoms with Crippen LogP contribution in [0.4, 0.5) is 0 Å². The predicted octanol–water partition coefficient (Wildman–Crippen LogP) is 5.84. The van der Waals surface area contributed by atoms with E-state index in [1.807, 2.05) is 24.3 Å². The van der Waals surface area contributed by atoms with Crippen molar-refractivity contribution in [2.45, 2.75) is 46.4 Å². The third kappa shape index (κ3) is 6.59. The van der Waals surface area contributed by atoms with Crippen LogP contribution in [0.25, 0.3) is 21.8 Å². The first-order valence-corrected chi connectivity index (χ1v) is 11.8. The van der Waals surface area contributed by atoms with Gasteiger partial charge in [-0.25, -0.2) is 0 Å². The highest BCUT2D eigenvalue weighted by molar-refractivity contribution is 5.87. The van der Waals surface area contributed by atoms with Crippen LogP contribution in [-0.2, 0) is 13.1 Å². The van der Waals surface area contributed by atoms with E-state index in [1.165, 1.54) is 21.8 Å². The van der Waals surface area contributed by atoms with Crippen LogP contribution in [-0.4, -0.2) is 73.4 Å². The van der Waals surface area contributed by atoms with E-state index in [0.717, 1.165) is 24.6 Å². The molecular formula is C29H44N4O2. The van der Waals surface area contributed by atoms with Crippen LogP contribution < -0.4 is 9.47 Å². The lowest BCUT2D eigenvalue weighted by Gasteiger charge is -2.21. The Morgan fingerprint density at radius 2 is 1.26 bits per heavy atom. The fraction of sp³-hybridized carbons (Fsp3) is 0.448. The molecule has 0 N–H and O–H groups in total. The molecule has 2 heterocycles. The number of aromatic nitrogens is 2. The van der Waals surface area contributed by atoms with E-state index in [4.69, 9.17) is 9.47 Å². The second-order valence-electron chi connectivity index (χ2n) is 9.35. The van der Waals surface area contributed by atoms with E-state index in [2.05, 4.69) is 97.6 Å². The average molecular weight is 481 g/mol. The fourth-order valence-electron chi connectivity index (χ4n) is 3.97. The van der Waals surface area contributed by atoms with Gasteiger partial charge in [0.05, 0.1) is 25.3 Å². The molecule has 192 valence electrons. The first-order valence-electron chi connectivity index (χ1n) is 11.8. The number of rotatable bonds is 8. The van der Waals surface area contributed by atoms with Crippen LogP contribution in [0.1, 0.15) is 21.3 Å². The molecule has 2 aromatic carbocycles. The summed E-state index contributed by atoms with van der Waals surface area (Å²) in [7, 11) is 11.9. The molecule has 6 nitrogen and oxygen atoms in total. The fourth-order valence-corrected chi connectivity index (χ4v) is 3.97. The van der Waals surface area contributed by atoms with Crippen molar-refractivity contribution in [1.29, 1.82) is 0 Å². The number of ether oxygens (including phenoxy) is 2. The predicted molar refractivity (Wildman–Crippen MR) is 150 cm³/mol. The highest BCUT2D eigenvalue weighted by atomic mass is 16.5.